The molecule has 5 heteroatoms. The highest BCUT2D eigenvalue weighted by molar-refractivity contribution is 5.27. The standard InChI is InChI=1S/C12H18N2O3/c1-9-2-3-11(15)10(14-9)6-13-7-12(16)4-5-17-8-12/h2-3,13,15-16H,4-8H2,1H3. The quantitative estimate of drug-likeness (QED) is 0.705. The van der Waals surface area contributed by atoms with Gasteiger partial charge in [-0.25, -0.2) is 0 Å². The van der Waals surface area contributed by atoms with Gasteiger partial charge in [0, 0.05) is 31.8 Å². The van der Waals surface area contributed by atoms with Crippen molar-refractivity contribution < 1.29 is 14.9 Å². The Bertz CT molecular complexity index is 389. The van der Waals surface area contributed by atoms with Gasteiger partial charge in [-0.05, 0) is 19.1 Å². The first-order valence-electron chi connectivity index (χ1n) is 5.75. The van der Waals surface area contributed by atoms with Gasteiger partial charge < -0.3 is 20.3 Å². The van der Waals surface area contributed by atoms with Crippen LogP contribution in [0.4, 0.5) is 0 Å². The smallest absolute Gasteiger partial charge is 0.138 e. The molecule has 2 heterocycles. The normalized spacial score (nSPS) is 24.1. The average Bonchev–Trinajstić information content (AvgIpc) is 2.71. The number of ether oxygens (including phenoxy) is 1. The molecule has 17 heavy (non-hydrogen) atoms. The molecule has 0 aliphatic carbocycles. The molecule has 1 unspecified atom stereocenters. The number of nitrogens with zero attached hydrogens (tertiary/aromatic N) is 1. The Labute approximate surface area is 100 Å². The lowest BCUT2D eigenvalue weighted by atomic mass is 10.0. The molecule has 1 saturated heterocycles. The first-order valence-corrected chi connectivity index (χ1v) is 5.75. The van der Waals surface area contributed by atoms with Gasteiger partial charge in [-0.2, -0.15) is 0 Å². The Hall–Kier alpha value is -1.17. The van der Waals surface area contributed by atoms with E-state index in [1.165, 1.54) is 0 Å². The molecular formula is C12H18N2O3. The number of nitrogens with one attached hydrogen (secondary N) is 1. The van der Waals surface area contributed by atoms with E-state index in [1.54, 1.807) is 12.1 Å². The Morgan fingerprint density at radius 2 is 2.35 bits per heavy atom. The molecule has 0 spiro atoms. The highest BCUT2D eigenvalue weighted by Crippen LogP contribution is 2.18. The fraction of sp³-hybridized carbons (Fsp3) is 0.583. The van der Waals surface area contributed by atoms with Crippen molar-refractivity contribution in [3.8, 4) is 5.75 Å². The van der Waals surface area contributed by atoms with Crippen LogP contribution in [0.15, 0.2) is 12.1 Å². The van der Waals surface area contributed by atoms with Crippen LogP contribution in [0.1, 0.15) is 17.8 Å². The van der Waals surface area contributed by atoms with Crippen molar-refractivity contribution >= 4 is 0 Å². The van der Waals surface area contributed by atoms with Gasteiger partial charge in [0.05, 0.1) is 12.3 Å². The van der Waals surface area contributed by atoms with Crippen molar-refractivity contribution in [2.24, 2.45) is 0 Å². The monoisotopic (exact) mass is 238 g/mol. The van der Waals surface area contributed by atoms with E-state index in [2.05, 4.69) is 10.3 Å². The van der Waals surface area contributed by atoms with E-state index in [0.29, 0.717) is 38.4 Å². The molecule has 3 N–H and O–H groups in total. The van der Waals surface area contributed by atoms with Gasteiger partial charge in [0.2, 0.25) is 0 Å². The third-order valence-electron chi connectivity index (χ3n) is 2.92. The van der Waals surface area contributed by atoms with Gasteiger partial charge >= 0.3 is 0 Å². The summed E-state index contributed by atoms with van der Waals surface area (Å²) in [5.74, 6) is 0.178. The largest absolute Gasteiger partial charge is 0.506 e. The third-order valence-corrected chi connectivity index (χ3v) is 2.92. The zero-order valence-electron chi connectivity index (χ0n) is 9.94. The summed E-state index contributed by atoms with van der Waals surface area (Å²) in [4.78, 5) is 4.23. The summed E-state index contributed by atoms with van der Waals surface area (Å²) in [6, 6.07) is 3.39. The fourth-order valence-electron chi connectivity index (χ4n) is 1.88. The number of hydrogen-bond donors (Lipinski definition) is 3. The van der Waals surface area contributed by atoms with E-state index < -0.39 is 5.60 Å². The molecule has 0 amide bonds. The first kappa shape index (κ1) is 12.3. The molecule has 1 atom stereocenters. The van der Waals surface area contributed by atoms with E-state index in [9.17, 15) is 10.2 Å². The molecule has 1 fully saturated rings. The van der Waals surface area contributed by atoms with Gasteiger partial charge in [0.1, 0.15) is 11.4 Å². The van der Waals surface area contributed by atoms with Crippen LogP contribution >= 0.6 is 0 Å². The van der Waals surface area contributed by atoms with Crippen molar-refractivity contribution in [1.82, 2.24) is 10.3 Å². The van der Waals surface area contributed by atoms with E-state index in [1.807, 2.05) is 6.92 Å². The van der Waals surface area contributed by atoms with E-state index in [4.69, 9.17) is 4.74 Å². The molecule has 1 aromatic heterocycles. The van der Waals surface area contributed by atoms with Crippen LogP contribution in [0.3, 0.4) is 0 Å². The topological polar surface area (TPSA) is 74.6 Å². The number of pyridine rings is 1. The number of aliphatic hydroxyl groups is 1. The van der Waals surface area contributed by atoms with Crippen molar-refractivity contribution in [1.29, 1.82) is 0 Å². The van der Waals surface area contributed by atoms with Gasteiger partial charge in [-0.3, -0.25) is 4.98 Å². The minimum absolute atomic E-state index is 0.178. The molecule has 1 aliphatic heterocycles. The number of hydrogen-bond acceptors (Lipinski definition) is 5. The van der Waals surface area contributed by atoms with Gasteiger partial charge in [0.25, 0.3) is 0 Å². The Kier molecular flexibility index (Phi) is 3.61. The average molecular weight is 238 g/mol. The summed E-state index contributed by atoms with van der Waals surface area (Å²) in [5, 5.41) is 22.7. The lowest BCUT2D eigenvalue weighted by Gasteiger charge is -2.20. The second kappa shape index (κ2) is 5.00. The van der Waals surface area contributed by atoms with Crippen LogP contribution < -0.4 is 5.32 Å². The van der Waals surface area contributed by atoms with Crippen molar-refractivity contribution in [3.63, 3.8) is 0 Å². The molecule has 5 nitrogen and oxygen atoms in total. The minimum atomic E-state index is -0.778. The molecule has 1 aromatic rings. The summed E-state index contributed by atoms with van der Waals surface area (Å²) in [6.45, 7) is 3.73. The highest BCUT2D eigenvalue weighted by atomic mass is 16.5. The lowest BCUT2D eigenvalue weighted by molar-refractivity contribution is 0.0267. The molecule has 2 rings (SSSR count). The first-order chi connectivity index (χ1) is 8.09. The van der Waals surface area contributed by atoms with E-state index in [0.717, 1.165) is 5.69 Å². The van der Waals surface area contributed by atoms with Crippen LogP contribution in [-0.2, 0) is 11.3 Å². The lowest BCUT2D eigenvalue weighted by Crippen LogP contribution is -2.40. The zero-order valence-corrected chi connectivity index (χ0v) is 9.94. The number of aromatic nitrogens is 1. The van der Waals surface area contributed by atoms with Crippen LogP contribution in [0.2, 0.25) is 0 Å². The second-order valence-corrected chi connectivity index (χ2v) is 4.55. The predicted molar refractivity (Wildman–Crippen MR) is 62.7 cm³/mol. The fourth-order valence-corrected chi connectivity index (χ4v) is 1.88. The van der Waals surface area contributed by atoms with Gasteiger partial charge in [0.15, 0.2) is 0 Å². The van der Waals surface area contributed by atoms with Gasteiger partial charge in [-0.1, -0.05) is 0 Å². The van der Waals surface area contributed by atoms with E-state index in [-0.39, 0.29) is 5.75 Å². The summed E-state index contributed by atoms with van der Waals surface area (Å²) >= 11 is 0. The number of rotatable bonds is 4. The van der Waals surface area contributed by atoms with Crippen LogP contribution in [0.25, 0.3) is 0 Å². The maximum atomic E-state index is 10.0. The van der Waals surface area contributed by atoms with Crippen molar-refractivity contribution in [2.75, 3.05) is 19.8 Å². The van der Waals surface area contributed by atoms with Crippen LogP contribution in [-0.4, -0.2) is 40.6 Å². The Balaban J connectivity index is 1.87. The maximum Gasteiger partial charge on any atom is 0.138 e. The summed E-state index contributed by atoms with van der Waals surface area (Å²) < 4.78 is 5.15. The molecule has 0 bridgehead atoms. The SMILES string of the molecule is Cc1ccc(O)c(CNCC2(O)CCOC2)n1. The highest BCUT2D eigenvalue weighted by Gasteiger charge is 2.31. The third kappa shape index (κ3) is 3.15. The molecule has 0 aromatic carbocycles. The van der Waals surface area contributed by atoms with Crippen molar-refractivity contribution in [3.05, 3.63) is 23.5 Å². The Morgan fingerprint density at radius 3 is 3.06 bits per heavy atom. The summed E-state index contributed by atoms with van der Waals surface area (Å²) in [6.07, 6.45) is 0.646. The molecule has 0 radical (unpaired) electrons. The molecular weight excluding hydrogens is 220 g/mol. The van der Waals surface area contributed by atoms with Crippen LogP contribution in [0.5, 0.6) is 5.75 Å². The molecule has 0 saturated carbocycles. The minimum Gasteiger partial charge on any atom is -0.506 e. The molecule has 1 aliphatic rings. The predicted octanol–water partition coefficient (Wildman–Crippen LogP) is 0.337. The summed E-state index contributed by atoms with van der Waals surface area (Å²) in [7, 11) is 0. The Morgan fingerprint density at radius 1 is 1.53 bits per heavy atom. The maximum absolute atomic E-state index is 10.0. The zero-order chi connectivity index (χ0) is 12.3. The molecule has 94 valence electrons. The summed E-state index contributed by atoms with van der Waals surface area (Å²) in [5.41, 5.74) is 0.689. The van der Waals surface area contributed by atoms with Crippen molar-refractivity contribution in [2.45, 2.75) is 25.5 Å². The number of aryl methyl sites for hydroxylation is 1. The van der Waals surface area contributed by atoms with E-state index >= 15 is 0 Å². The second-order valence-electron chi connectivity index (χ2n) is 4.55. The van der Waals surface area contributed by atoms with Gasteiger partial charge in [-0.15, -0.1) is 0 Å². The van der Waals surface area contributed by atoms with Crippen LogP contribution in [0, 0.1) is 6.92 Å². The number of aromatic hydroxyl groups is 1.